The van der Waals surface area contributed by atoms with Crippen LogP contribution in [0, 0.1) is 0 Å². The molecule has 1 heterocycles. The number of aliphatic hydroxyl groups excluding tert-OH is 1. The number of hydrogen-bond donors (Lipinski definition) is 2. The lowest BCUT2D eigenvalue weighted by Gasteiger charge is -2.21. The van der Waals surface area contributed by atoms with Crippen molar-refractivity contribution >= 4 is 22.2 Å². The largest absolute Gasteiger partial charge is 0.395 e. The van der Waals surface area contributed by atoms with Crippen molar-refractivity contribution in [3.8, 4) is 0 Å². The van der Waals surface area contributed by atoms with Gasteiger partial charge in [-0.05, 0) is 26.1 Å². The zero-order chi connectivity index (χ0) is 13.7. The lowest BCUT2D eigenvalue weighted by atomic mass is 10.3. The van der Waals surface area contributed by atoms with Crippen molar-refractivity contribution in [2.45, 2.75) is 19.5 Å². The summed E-state index contributed by atoms with van der Waals surface area (Å²) in [5.74, 6) is 0. The second-order valence-electron chi connectivity index (χ2n) is 4.58. The predicted octanol–water partition coefficient (Wildman–Crippen LogP) is 2.70. The predicted molar refractivity (Wildman–Crippen MR) is 79.9 cm³/mol. The van der Waals surface area contributed by atoms with E-state index in [1.807, 2.05) is 49.7 Å². The highest BCUT2D eigenvalue weighted by atomic mass is 32.1. The Balaban J connectivity index is 1.96. The van der Waals surface area contributed by atoms with Gasteiger partial charge in [0, 0.05) is 23.7 Å². The summed E-state index contributed by atoms with van der Waals surface area (Å²) in [4.78, 5) is 6.63. The topological polar surface area (TPSA) is 48.4 Å². The van der Waals surface area contributed by atoms with Crippen LogP contribution in [0.5, 0.6) is 0 Å². The van der Waals surface area contributed by atoms with Gasteiger partial charge in [-0.25, -0.2) is 4.98 Å². The monoisotopic (exact) mass is 277 g/mol. The normalized spacial score (nSPS) is 12.6. The molecular formula is C14H19N3OS. The van der Waals surface area contributed by atoms with E-state index < -0.39 is 0 Å². The summed E-state index contributed by atoms with van der Waals surface area (Å²) in [7, 11) is 1.99. The Morgan fingerprint density at radius 1 is 1.37 bits per heavy atom. The molecule has 1 atom stereocenters. The smallest absolute Gasteiger partial charge is 0.187 e. The standard InChI is InChI=1S/C14H19N3OS/c1-11(9-18)17(2)8-13-10-19-14(16-13)15-12-6-4-3-5-7-12/h3-7,10-11,18H,8-9H2,1-2H3,(H,15,16). The van der Waals surface area contributed by atoms with E-state index in [4.69, 9.17) is 5.11 Å². The number of para-hydroxylation sites is 1. The van der Waals surface area contributed by atoms with Crippen LogP contribution in [0.25, 0.3) is 0 Å². The van der Waals surface area contributed by atoms with Crippen LogP contribution >= 0.6 is 11.3 Å². The second kappa shape index (κ2) is 6.65. The molecule has 2 aromatic rings. The second-order valence-corrected chi connectivity index (χ2v) is 5.44. The van der Waals surface area contributed by atoms with Gasteiger partial charge in [-0.3, -0.25) is 4.90 Å². The van der Waals surface area contributed by atoms with Gasteiger partial charge in [0.1, 0.15) is 0 Å². The third-order valence-electron chi connectivity index (χ3n) is 3.00. The molecule has 0 saturated heterocycles. The average molecular weight is 277 g/mol. The molecule has 0 aliphatic rings. The highest BCUT2D eigenvalue weighted by Crippen LogP contribution is 2.21. The Labute approximate surface area is 117 Å². The van der Waals surface area contributed by atoms with Crippen molar-refractivity contribution in [2.24, 2.45) is 0 Å². The number of thiazole rings is 1. The van der Waals surface area contributed by atoms with Crippen LogP contribution in [-0.2, 0) is 6.54 Å². The van der Waals surface area contributed by atoms with Crippen molar-refractivity contribution in [3.63, 3.8) is 0 Å². The van der Waals surface area contributed by atoms with Gasteiger partial charge in [0.2, 0.25) is 0 Å². The molecule has 0 aliphatic carbocycles. The van der Waals surface area contributed by atoms with Crippen molar-refractivity contribution in [1.29, 1.82) is 0 Å². The van der Waals surface area contributed by atoms with Gasteiger partial charge in [-0.1, -0.05) is 18.2 Å². The van der Waals surface area contributed by atoms with Gasteiger partial charge in [0.25, 0.3) is 0 Å². The number of benzene rings is 1. The van der Waals surface area contributed by atoms with Crippen molar-refractivity contribution in [2.75, 3.05) is 19.0 Å². The van der Waals surface area contributed by atoms with Crippen LogP contribution in [0.15, 0.2) is 35.7 Å². The highest BCUT2D eigenvalue weighted by Gasteiger charge is 2.10. The first-order valence-electron chi connectivity index (χ1n) is 6.26. The molecule has 0 fully saturated rings. The molecule has 102 valence electrons. The zero-order valence-corrected chi connectivity index (χ0v) is 12.0. The molecule has 4 nitrogen and oxygen atoms in total. The maximum atomic E-state index is 9.11. The van der Waals surface area contributed by atoms with Gasteiger partial charge in [0.05, 0.1) is 12.3 Å². The quantitative estimate of drug-likeness (QED) is 0.852. The maximum Gasteiger partial charge on any atom is 0.187 e. The van der Waals surface area contributed by atoms with E-state index in [0.29, 0.717) is 0 Å². The summed E-state index contributed by atoms with van der Waals surface area (Å²) in [6.45, 7) is 2.90. The van der Waals surface area contributed by atoms with Gasteiger partial charge in [-0.2, -0.15) is 0 Å². The SMILES string of the molecule is CC(CO)N(C)Cc1csc(Nc2ccccc2)n1. The number of nitrogens with zero attached hydrogens (tertiary/aromatic N) is 2. The Kier molecular flexibility index (Phi) is 4.90. The van der Waals surface area contributed by atoms with E-state index in [1.165, 1.54) is 0 Å². The Hall–Kier alpha value is -1.43. The fraction of sp³-hybridized carbons (Fsp3) is 0.357. The molecule has 0 radical (unpaired) electrons. The molecule has 1 aromatic heterocycles. The van der Waals surface area contributed by atoms with E-state index >= 15 is 0 Å². The Morgan fingerprint density at radius 3 is 2.79 bits per heavy atom. The van der Waals surface area contributed by atoms with Crippen molar-refractivity contribution < 1.29 is 5.11 Å². The minimum absolute atomic E-state index is 0.146. The fourth-order valence-corrected chi connectivity index (χ4v) is 2.35. The molecule has 0 amide bonds. The van der Waals surface area contributed by atoms with E-state index in [0.717, 1.165) is 23.1 Å². The van der Waals surface area contributed by atoms with E-state index in [2.05, 4.69) is 15.2 Å². The molecule has 2 N–H and O–H groups in total. The summed E-state index contributed by atoms with van der Waals surface area (Å²) < 4.78 is 0. The highest BCUT2D eigenvalue weighted by molar-refractivity contribution is 7.13. The number of likely N-dealkylation sites (N-methyl/N-ethyl adjacent to an activating group) is 1. The van der Waals surface area contributed by atoms with Crippen LogP contribution < -0.4 is 5.32 Å². The number of nitrogens with one attached hydrogen (secondary N) is 1. The summed E-state index contributed by atoms with van der Waals surface area (Å²) >= 11 is 1.59. The number of rotatable bonds is 6. The molecule has 0 saturated carbocycles. The number of anilines is 2. The van der Waals surface area contributed by atoms with Crippen molar-refractivity contribution in [3.05, 3.63) is 41.4 Å². The van der Waals surface area contributed by atoms with Crippen LogP contribution in [-0.4, -0.2) is 34.7 Å². The summed E-state index contributed by atoms with van der Waals surface area (Å²) in [5, 5.41) is 15.3. The summed E-state index contributed by atoms with van der Waals surface area (Å²) in [5.41, 5.74) is 2.06. The molecule has 19 heavy (non-hydrogen) atoms. The lowest BCUT2D eigenvalue weighted by Crippen LogP contribution is -2.31. The average Bonchev–Trinajstić information content (AvgIpc) is 2.86. The molecule has 2 rings (SSSR count). The molecule has 5 heteroatoms. The van der Waals surface area contributed by atoms with Gasteiger partial charge < -0.3 is 10.4 Å². The first-order valence-corrected chi connectivity index (χ1v) is 7.14. The van der Waals surface area contributed by atoms with Crippen LogP contribution in [0.2, 0.25) is 0 Å². The number of aliphatic hydroxyl groups is 1. The van der Waals surface area contributed by atoms with Gasteiger partial charge >= 0.3 is 0 Å². The summed E-state index contributed by atoms with van der Waals surface area (Å²) in [6.07, 6.45) is 0. The van der Waals surface area contributed by atoms with Gasteiger partial charge in [0.15, 0.2) is 5.13 Å². The van der Waals surface area contributed by atoms with E-state index in [9.17, 15) is 0 Å². The molecular weight excluding hydrogens is 258 g/mol. The molecule has 0 bridgehead atoms. The lowest BCUT2D eigenvalue weighted by molar-refractivity contribution is 0.153. The van der Waals surface area contributed by atoms with Crippen molar-refractivity contribution in [1.82, 2.24) is 9.88 Å². The maximum absolute atomic E-state index is 9.11. The molecule has 0 spiro atoms. The van der Waals surface area contributed by atoms with E-state index in [-0.39, 0.29) is 12.6 Å². The third-order valence-corrected chi connectivity index (χ3v) is 3.81. The fourth-order valence-electron chi connectivity index (χ4n) is 1.63. The van der Waals surface area contributed by atoms with Gasteiger partial charge in [-0.15, -0.1) is 11.3 Å². The van der Waals surface area contributed by atoms with Crippen LogP contribution in [0.1, 0.15) is 12.6 Å². The minimum atomic E-state index is 0.146. The van der Waals surface area contributed by atoms with Crippen LogP contribution in [0.4, 0.5) is 10.8 Å². The number of hydrogen-bond acceptors (Lipinski definition) is 5. The van der Waals surface area contributed by atoms with E-state index in [1.54, 1.807) is 11.3 Å². The zero-order valence-electron chi connectivity index (χ0n) is 11.2. The Bertz CT molecular complexity index is 500. The third kappa shape index (κ3) is 4.02. The summed E-state index contributed by atoms with van der Waals surface area (Å²) in [6, 6.07) is 10.2. The number of aromatic nitrogens is 1. The first kappa shape index (κ1) is 14.0. The molecule has 1 aromatic carbocycles. The minimum Gasteiger partial charge on any atom is -0.395 e. The molecule has 1 unspecified atom stereocenters. The molecule has 0 aliphatic heterocycles. The first-order chi connectivity index (χ1) is 9.19. The Morgan fingerprint density at radius 2 is 2.11 bits per heavy atom. The van der Waals surface area contributed by atoms with Crippen LogP contribution in [0.3, 0.4) is 0 Å².